The number of carboxylic acids is 1. The molecule has 0 atom stereocenters. The highest BCUT2D eigenvalue weighted by Crippen LogP contribution is 2.35. The molecule has 3 aromatic carbocycles. The molecule has 0 radical (unpaired) electrons. The third-order valence-corrected chi connectivity index (χ3v) is 7.54. The monoisotopic (exact) mass is 457 g/mol. The van der Waals surface area contributed by atoms with Crippen LogP contribution < -0.4 is 0 Å². The smallest absolute Gasteiger partial charge is 0.335 e. The Morgan fingerprint density at radius 2 is 1.75 bits per heavy atom. The van der Waals surface area contributed by atoms with Crippen LogP contribution in [-0.2, 0) is 17.6 Å². The molecule has 1 N–H and O–H groups in total. The number of aromatic carboxylic acids is 1. The number of ketones is 1. The van der Waals surface area contributed by atoms with Crippen LogP contribution in [0, 0.1) is 0 Å². The number of aryl methyl sites for hydroxylation is 1. The molecule has 0 unspecified atom stereocenters. The molecule has 0 amide bonds. The normalized spacial score (nSPS) is 11.2. The van der Waals surface area contributed by atoms with Gasteiger partial charge in [-0.1, -0.05) is 36.4 Å². The lowest BCUT2D eigenvalue weighted by Crippen LogP contribution is -2.05. The van der Waals surface area contributed by atoms with Gasteiger partial charge in [-0.05, 0) is 59.3 Å². The van der Waals surface area contributed by atoms with E-state index in [1.165, 1.54) is 20.5 Å². The van der Waals surface area contributed by atoms with E-state index in [4.69, 9.17) is 5.11 Å². The van der Waals surface area contributed by atoms with Crippen LogP contribution in [0.15, 0.2) is 72.8 Å². The zero-order valence-corrected chi connectivity index (χ0v) is 18.7. The molecule has 0 spiro atoms. The highest BCUT2D eigenvalue weighted by atomic mass is 32.1. The van der Waals surface area contributed by atoms with Crippen molar-refractivity contribution in [2.75, 3.05) is 0 Å². The van der Waals surface area contributed by atoms with E-state index in [1.807, 2.05) is 12.1 Å². The zero-order valence-electron chi connectivity index (χ0n) is 17.1. The van der Waals surface area contributed by atoms with Gasteiger partial charge in [0.2, 0.25) is 0 Å². The summed E-state index contributed by atoms with van der Waals surface area (Å²) in [7, 11) is 0. The fraction of sp³-hybridized carbons (Fsp3) is 0.115. The van der Waals surface area contributed by atoms with Gasteiger partial charge in [-0.3, -0.25) is 4.79 Å². The second-order valence-corrected chi connectivity index (χ2v) is 9.86. The Morgan fingerprint density at radius 3 is 2.59 bits per heavy atom. The van der Waals surface area contributed by atoms with Gasteiger partial charge in [0.25, 0.3) is 0 Å². The molecule has 0 fully saturated rings. The highest BCUT2D eigenvalue weighted by molar-refractivity contribution is 7.22. The van der Waals surface area contributed by atoms with Gasteiger partial charge in [-0.25, -0.2) is 9.78 Å². The average molecular weight is 458 g/mol. The molecule has 0 aliphatic carbocycles. The molecule has 0 aliphatic heterocycles. The van der Waals surface area contributed by atoms with E-state index in [9.17, 15) is 9.59 Å². The summed E-state index contributed by atoms with van der Waals surface area (Å²) in [6.45, 7) is 0. The first-order chi connectivity index (χ1) is 15.5. The fourth-order valence-corrected chi connectivity index (χ4v) is 5.82. The van der Waals surface area contributed by atoms with Gasteiger partial charge in [0.1, 0.15) is 10.8 Å². The number of hydrogen-bond donors (Lipinski definition) is 1. The molecule has 0 bridgehead atoms. The van der Waals surface area contributed by atoms with Crippen molar-refractivity contribution in [3.8, 4) is 10.4 Å². The number of hydrogen-bond acceptors (Lipinski definition) is 5. The molecule has 32 heavy (non-hydrogen) atoms. The summed E-state index contributed by atoms with van der Waals surface area (Å²) in [6, 6.07) is 23.6. The zero-order chi connectivity index (χ0) is 22.1. The van der Waals surface area contributed by atoms with Gasteiger partial charge in [0.15, 0.2) is 0 Å². The van der Waals surface area contributed by atoms with Crippen LogP contribution in [0.3, 0.4) is 0 Å². The summed E-state index contributed by atoms with van der Waals surface area (Å²) in [5.74, 6) is -0.850. The number of fused-ring (bicyclic) bond motifs is 2. The van der Waals surface area contributed by atoms with Crippen molar-refractivity contribution in [1.82, 2.24) is 4.98 Å². The third-order valence-electron chi connectivity index (χ3n) is 5.36. The Bertz CT molecular complexity index is 1430. The summed E-state index contributed by atoms with van der Waals surface area (Å²) >= 11 is 3.34. The highest BCUT2D eigenvalue weighted by Gasteiger charge is 2.12. The standard InChI is InChI=1S/C26H19NO3S2/c28-20(10-8-16-4-3-6-19(12-16)26(29)30)15-25-27-21-11-9-18(14-24(21)32-25)23-13-17-5-1-2-7-22(17)31-23/h1-7,9,11-14H,8,10,15H2,(H,29,30). The maximum Gasteiger partial charge on any atom is 0.335 e. The number of carbonyl (C=O) groups excluding carboxylic acids is 1. The predicted octanol–water partition coefficient (Wildman–Crippen LogP) is 6.62. The number of thiophene rings is 1. The number of carbonyl (C=O) groups is 2. The average Bonchev–Trinajstić information content (AvgIpc) is 3.40. The van der Waals surface area contributed by atoms with Crippen LogP contribution in [-0.4, -0.2) is 21.8 Å². The van der Waals surface area contributed by atoms with Crippen molar-refractivity contribution >= 4 is 54.7 Å². The molecule has 0 saturated heterocycles. The van der Waals surface area contributed by atoms with Gasteiger partial charge in [-0.15, -0.1) is 22.7 Å². The van der Waals surface area contributed by atoms with Gasteiger partial charge in [0.05, 0.1) is 22.2 Å². The molecule has 6 heteroatoms. The van der Waals surface area contributed by atoms with E-state index in [1.54, 1.807) is 40.9 Å². The lowest BCUT2D eigenvalue weighted by Gasteiger charge is -2.02. The molecule has 0 aliphatic rings. The van der Waals surface area contributed by atoms with Crippen LogP contribution in [0.25, 0.3) is 30.7 Å². The molecular weight excluding hydrogens is 438 g/mol. The van der Waals surface area contributed by atoms with Crippen LogP contribution >= 0.6 is 22.7 Å². The van der Waals surface area contributed by atoms with Gasteiger partial charge >= 0.3 is 5.97 Å². The summed E-state index contributed by atoms with van der Waals surface area (Å²) < 4.78 is 2.35. The SMILES string of the molecule is O=C(CCc1cccc(C(=O)O)c1)Cc1nc2ccc(-c3cc4ccccc4s3)cc2s1. The Labute approximate surface area is 192 Å². The van der Waals surface area contributed by atoms with Gasteiger partial charge < -0.3 is 5.11 Å². The maximum absolute atomic E-state index is 12.5. The summed E-state index contributed by atoms with van der Waals surface area (Å²) in [5, 5.41) is 11.2. The number of thiazole rings is 1. The molecule has 158 valence electrons. The van der Waals surface area contributed by atoms with Gasteiger partial charge in [0, 0.05) is 16.0 Å². The molecular formula is C26H19NO3S2. The molecule has 5 rings (SSSR count). The Morgan fingerprint density at radius 1 is 0.875 bits per heavy atom. The van der Waals surface area contributed by atoms with Crippen molar-refractivity contribution in [2.45, 2.75) is 19.3 Å². The quantitative estimate of drug-likeness (QED) is 0.298. The number of Topliss-reactive ketones (excluding diaryl/α,β-unsaturated/α-hetero) is 1. The molecule has 0 saturated carbocycles. The largest absolute Gasteiger partial charge is 0.478 e. The van der Waals surface area contributed by atoms with Crippen LogP contribution in [0.4, 0.5) is 0 Å². The van der Waals surface area contributed by atoms with Crippen molar-refractivity contribution in [2.24, 2.45) is 0 Å². The van der Waals surface area contributed by atoms with Gasteiger partial charge in [-0.2, -0.15) is 0 Å². The van der Waals surface area contributed by atoms with E-state index in [-0.39, 0.29) is 11.3 Å². The van der Waals surface area contributed by atoms with Crippen LogP contribution in [0.1, 0.15) is 27.3 Å². The minimum atomic E-state index is -0.956. The van der Waals surface area contributed by atoms with Crippen molar-refractivity contribution in [3.63, 3.8) is 0 Å². The van der Waals surface area contributed by atoms with Crippen LogP contribution in [0.2, 0.25) is 0 Å². The molecule has 4 nitrogen and oxygen atoms in total. The van der Waals surface area contributed by atoms with E-state index in [0.717, 1.165) is 20.8 Å². The van der Waals surface area contributed by atoms with Crippen molar-refractivity contribution in [3.05, 3.63) is 88.9 Å². The maximum atomic E-state index is 12.5. The first-order valence-corrected chi connectivity index (χ1v) is 11.9. The molecule has 5 aromatic rings. The summed E-state index contributed by atoms with van der Waals surface area (Å²) in [4.78, 5) is 29.5. The second kappa shape index (κ2) is 8.65. The van der Waals surface area contributed by atoms with Crippen LogP contribution in [0.5, 0.6) is 0 Å². The number of nitrogens with zero attached hydrogens (tertiary/aromatic N) is 1. The lowest BCUT2D eigenvalue weighted by atomic mass is 10.0. The predicted molar refractivity (Wildman–Crippen MR) is 131 cm³/mol. The number of rotatable bonds is 7. The fourth-order valence-electron chi connectivity index (χ4n) is 3.73. The van der Waals surface area contributed by atoms with E-state index >= 15 is 0 Å². The Hall–Kier alpha value is -3.35. The molecule has 2 aromatic heterocycles. The number of benzene rings is 3. The minimum Gasteiger partial charge on any atom is -0.478 e. The van der Waals surface area contributed by atoms with Crippen molar-refractivity contribution < 1.29 is 14.7 Å². The summed E-state index contributed by atoms with van der Waals surface area (Å²) in [5.41, 5.74) is 3.18. The first kappa shape index (κ1) is 20.5. The molecule has 2 heterocycles. The van der Waals surface area contributed by atoms with E-state index in [0.29, 0.717) is 19.3 Å². The third kappa shape index (κ3) is 4.33. The summed E-state index contributed by atoms with van der Waals surface area (Å²) in [6.07, 6.45) is 1.20. The minimum absolute atomic E-state index is 0.106. The van der Waals surface area contributed by atoms with Crippen molar-refractivity contribution in [1.29, 1.82) is 0 Å². The first-order valence-electron chi connectivity index (χ1n) is 10.3. The topological polar surface area (TPSA) is 67.3 Å². The van der Waals surface area contributed by atoms with E-state index in [2.05, 4.69) is 47.4 Å². The number of aromatic nitrogens is 1. The number of carboxylic acid groups (broad SMARTS) is 1. The van der Waals surface area contributed by atoms with E-state index < -0.39 is 5.97 Å². The Kier molecular flexibility index (Phi) is 5.55. The Balaban J connectivity index is 1.29. The lowest BCUT2D eigenvalue weighted by molar-refractivity contribution is -0.118. The second-order valence-electron chi connectivity index (χ2n) is 7.66.